The van der Waals surface area contributed by atoms with Crippen LogP contribution < -0.4 is 15.8 Å². The van der Waals surface area contributed by atoms with Crippen molar-refractivity contribution in [2.24, 2.45) is 0 Å². The lowest BCUT2D eigenvalue weighted by molar-refractivity contribution is -0.153. The smallest absolute Gasteiger partial charge is 0.355 e. The van der Waals surface area contributed by atoms with E-state index in [2.05, 4.69) is 15.4 Å². The van der Waals surface area contributed by atoms with Crippen LogP contribution in [0.15, 0.2) is 30.6 Å². The number of anilines is 2. The van der Waals surface area contributed by atoms with Gasteiger partial charge in [-0.25, -0.2) is 14.4 Å². The summed E-state index contributed by atoms with van der Waals surface area (Å²) in [6, 6.07) is 6.67. The molecule has 0 spiro atoms. The number of aromatic nitrogens is 2. The van der Waals surface area contributed by atoms with Gasteiger partial charge in [-0.1, -0.05) is 29.8 Å². The maximum absolute atomic E-state index is 14.0. The van der Waals surface area contributed by atoms with Gasteiger partial charge in [0, 0.05) is 13.1 Å². The second-order valence-corrected chi connectivity index (χ2v) is 6.99. The molecule has 11 heteroatoms. The summed E-state index contributed by atoms with van der Waals surface area (Å²) in [6.45, 7) is 1.13. The second kappa shape index (κ2) is 8.81. The Kier molecular flexibility index (Phi) is 6.41. The number of piperidine rings is 1. The largest absolute Gasteiger partial charge is 0.397 e. The van der Waals surface area contributed by atoms with Crippen molar-refractivity contribution in [3.8, 4) is 0 Å². The summed E-state index contributed by atoms with van der Waals surface area (Å²) in [5, 5.41) is 0.0733. The minimum atomic E-state index is -4.62. The summed E-state index contributed by atoms with van der Waals surface area (Å²) in [5.41, 5.74) is 4.89. The van der Waals surface area contributed by atoms with Crippen LogP contribution in [0.3, 0.4) is 0 Å². The zero-order chi connectivity index (χ0) is 21.0. The summed E-state index contributed by atoms with van der Waals surface area (Å²) < 4.78 is 50.7. The maximum atomic E-state index is 14.0. The molecule has 1 aromatic heterocycles. The van der Waals surface area contributed by atoms with Crippen LogP contribution in [0.4, 0.5) is 29.2 Å². The fraction of sp³-hybridized carbons (Fsp3) is 0.389. The molecule has 2 aromatic rings. The van der Waals surface area contributed by atoms with E-state index >= 15 is 0 Å². The van der Waals surface area contributed by atoms with Crippen LogP contribution in [0, 0.1) is 5.82 Å². The first kappa shape index (κ1) is 21.1. The van der Waals surface area contributed by atoms with Gasteiger partial charge >= 0.3 is 6.18 Å². The number of nitrogens with zero attached hydrogens (tertiary/aromatic N) is 3. The summed E-state index contributed by atoms with van der Waals surface area (Å²) in [6.07, 6.45) is -3.67. The van der Waals surface area contributed by atoms with E-state index in [0.717, 1.165) is 0 Å². The van der Waals surface area contributed by atoms with Crippen molar-refractivity contribution in [2.75, 3.05) is 23.4 Å². The van der Waals surface area contributed by atoms with Gasteiger partial charge in [0.15, 0.2) is 11.6 Å². The highest BCUT2D eigenvalue weighted by Gasteiger charge is 2.31. The van der Waals surface area contributed by atoms with Gasteiger partial charge in [-0.2, -0.15) is 13.2 Å². The zero-order valence-electron chi connectivity index (χ0n) is 15.1. The molecule has 0 saturated carbocycles. The molecule has 1 fully saturated rings. The van der Waals surface area contributed by atoms with Gasteiger partial charge in [0.25, 0.3) is 0 Å². The third kappa shape index (κ3) is 5.47. The normalized spacial score (nSPS) is 15.3. The van der Waals surface area contributed by atoms with Crippen molar-refractivity contribution in [3.05, 3.63) is 47.0 Å². The Balaban J connectivity index is 1.63. The lowest BCUT2D eigenvalue weighted by Gasteiger charge is -2.33. The van der Waals surface area contributed by atoms with Crippen molar-refractivity contribution in [2.45, 2.75) is 31.4 Å². The summed E-state index contributed by atoms with van der Waals surface area (Å²) >= 11 is 6.27. The van der Waals surface area contributed by atoms with Crippen LogP contribution in [-0.4, -0.2) is 35.1 Å². The third-order valence-electron chi connectivity index (χ3n) is 4.59. The monoisotopic (exact) mass is 431 g/mol. The molecule has 1 aromatic carbocycles. The number of halogens is 5. The number of hydrogen-bond acceptors (Lipinski definition) is 5. The minimum absolute atomic E-state index is 0.0107. The molecule has 1 amide bonds. The molecule has 3 rings (SSSR count). The molecule has 156 valence electrons. The van der Waals surface area contributed by atoms with Gasteiger partial charge in [0.1, 0.15) is 23.6 Å². The van der Waals surface area contributed by atoms with Crippen LogP contribution >= 0.6 is 11.6 Å². The lowest BCUT2D eigenvalue weighted by Crippen LogP contribution is -2.35. The van der Waals surface area contributed by atoms with Gasteiger partial charge in [-0.05, 0) is 30.4 Å². The molecule has 1 saturated heterocycles. The van der Waals surface area contributed by atoms with Gasteiger partial charge in [-0.3, -0.25) is 15.6 Å². The standard InChI is InChI=1S/C18H18ClF4N5O/c19-15-16(27-26-14(29)9-18(21,22)23)24-10-25-17(15)28-7-5-11(6-8-28)12-3-1-2-4-13(12)20/h1-4,10-11H,5-9H2,(H,26,29)(H,24,25,27). The molecule has 0 radical (unpaired) electrons. The molecule has 0 unspecified atom stereocenters. The van der Waals surface area contributed by atoms with Gasteiger partial charge < -0.3 is 4.90 Å². The van der Waals surface area contributed by atoms with E-state index in [1.165, 1.54) is 12.4 Å². The molecule has 2 N–H and O–H groups in total. The summed E-state index contributed by atoms with van der Waals surface area (Å²) in [7, 11) is 0. The van der Waals surface area contributed by atoms with E-state index in [0.29, 0.717) is 37.3 Å². The Bertz CT molecular complexity index is 872. The molecule has 1 aliphatic rings. The molecule has 6 nitrogen and oxygen atoms in total. The molecule has 0 aliphatic carbocycles. The number of carbonyl (C=O) groups is 1. The Morgan fingerprint density at radius 3 is 2.55 bits per heavy atom. The van der Waals surface area contributed by atoms with Gasteiger partial charge in [0.05, 0.1) is 0 Å². The fourth-order valence-corrected chi connectivity index (χ4v) is 3.50. The molecular formula is C18H18ClF4N5O. The lowest BCUT2D eigenvalue weighted by atomic mass is 9.89. The quantitative estimate of drug-likeness (QED) is 0.552. The third-order valence-corrected chi connectivity index (χ3v) is 4.94. The first-order chi connectivity index (χ1) is 13.7. The molecular weight excluding hydrogens is 414 g/mol. The van der Waals surface area contributed by atoms with Crippen LogP contribution in [0.25, 0.3) is 0 Å². The highest BCUT2D eigenvalue weighted by atomic mass is 35.5. The van der Waals surface area contributed by atoms with Crippen LogP contribution in [0.1, 0.15) is 30.7 Å². The number of nitrogens with one attached hydrogen (secondary N) is 2. The number of hydrazine groups is 1. The highest BCUT2D eigenvalue weighted by molar-refractivity contribution is 6.35. The van der Waals surface area contributed by atoms with Crippen molar-refractivity contribution in [3.63, 3.8) is 0 Å². The Hall–Kier alpha value is -2.62. The number of alkyl halides is 3. The fourth-order valence-electron chi connectivity index (χ4n) is 3.23. The molecule has 29 heavy (non-hydrogen) atoms. The number of benzene rings is 1. The Morgan fingerprint density at radius 1 is 1.21 bits per heavy atom. The number of carbonyl (C=O) groups excluding carboxylic acids is 1. The summed E-state index contributed by atoms with van der Waals surface area (Å²) in [4.78, 5) is 21.2. The predicted molar refractivity (Wildman–Crippen MR) is 100 cm³/mol. The van der Waals surface area contributed by atoms with Gasteiger partial charge in [-0.15, -0.1) is 0 Å². The minimum Gasteiger partial charge on any atom is -0.355 e. The number of hydrogen-bond donors (Lipinski definition) is 2. The van der Waals surface area contributed by atoms with E-state index in [9.17, 15) is 22.4 Å². The average Bonchev–Trinajstić information content (AvgIpc) is 2.66. The first-order valence-corrected chi connectivity index (χ1v) is 9.24. The second-order valence-electron chi connectivity index (χ2n) is 6.61. The SMILES string of the molecule is O=C(CC(F)(F)F)NNc1ncnc(N2CCC(c3ccccc3F)CC2)c1Cl. The van der Waals surface area contributed by atoms with Crippen LogP contribution in [0.2, 0.25) is 5.02 Å². The van der Waals surface area contributed by atoms with E-state index in [-0.39, 0.29) is 22.6 Å². The van der Waals surface area contributed by atoms with E-state index < -0.39 is 18.5 Å². The predicted octanol–water partition coefficient (Wildman–Crippen LogP) is 4.05. The number of rotatable bonds is 5. The first-order valence-electron chi connectivity index (χ1n) is 8.86. The van der Waals surface area contributed by atoms with E-state index in [1.54, 1.807) is 18.2 Å². The molecule has 2 heterocycles. The van der Waals surface area contributed by atoms with Crippen molar-refractivity contribution < 1.29 is 22.4 Å². The van der Waals surface area contributed by atoms with Crippen molar-refractivity contribution in [1.82, 2.24) is 15.4 Å². The van der Waals surface area contributed by atoms with E-state index in [1.807, 2.05) is 10.3 Å². The topological polar surface area (TPSA) is 70.1 Å². The molecule has 1 aliphatic heterocycles. The maximum Gasteiger partial charge on any atom is 0.397 e. The van der Waals surface area contributed by atoms with Crippen LogP contribution in [0.5, 0.6) is 0 Å². The Morgan fingerprint density at radius 2 is 1.90 bits per heavy atom. The highest BCUT2D eigenvalue weighted by Crippen LogP contribution is 2.35. The average molecular weight is 432 g/mol. The van der Waals surface area contributed by atoms with Crippen LogP contribution in [-0.2, 0) is 4.79 Å². The number of amides is 1. The van der Waals surface area contributed by atoms with Gasteiger partial charge in [0.2, 0.25) is 5.91 Å². The molecule has 0 atom stereocenters. The van der Waals surface area contributed by atoms with E-state index in [4.69, 9.17) is 11.6 Å². The van der Waals surface area contributed by atoms with Crippen molar-refractivity contribution >= 4 is 29.1 Å². The summed E-state index contributed by atoms with van der Waals surface area (Å²) in [5.74, 6) is -1.04. The van der Waals surface area contributed by atoms with Crippen molar-refractivity contribution in [1.29, 1.82) is 0 Å². The zero-order valence-corrected chi connectivity index (χ0v) is 15.9. The Labute approximate surface area is 169 Å². The molecule has 0 bridgehead atoms.